The normalized spacial score (nSPS) is 23.7. The zero-order valence-corrected chi connectivity index (χ0v) is 14.4. The van der Waals surface area contributed by atoms with Crippen LogP contribution in [0, 0.1) is 0 Å². The molecule has 112 valence electrons. The fraction of sp³-hybridized carbons (Fsp3) is 0.583. The van der Waals surface area contributed by atoms with Crippen molar-refractivity contribution in [2.75, 3.05) is 12.0 Å². The molecule has 0 spiro atoms. The Bertz CT molecular complexity index is 572. The van der Waals surface area contributed by atoms with Crippen molar-refractivity contribution in [3.63, 3.8) is 0 Å². The Morgan fingerprint density at radius 3 is 2.65 bits per heavy atom. The first-order chi connectivity index (χ1) is 9.42. The number of nitrogens with zero attached hydrogens (tertiary/aromatic N) is 1. The van der Waals surface area contributed by atoms with E-state index in [9.17, 15) is 8.42 Å². The second-order valence-electron chi connectivity index (χ2n) is 4.87. The summed E-state index contributed by atoms with van der Waals surface area (Å²) < 4.78 is 28.1. The molecule has 0 radical (unpaired) electrons. The van der Waals surface area contributed by atoms with E-state index in [1.54, 1.807) is 0 Å². The van der Waals surface area contributed by atoms with Gasteiger partial charge in [-0.15, -0.1) is 0 Å². The Hall–Kier alpha value is -0.310. The van der Waals surface area contributed by atoms with Crippen LogP contribution >= 0.6 is 27.7 Å². The lowest BCUT2D eigenvalue weighted by Crippen LogP contribution is -2.38. The zero-order valence-electron chi connectivity index (χ0n) is 11.2. The number of nitrogens with two attached hydrogens (primary N) is 1. The van der Waals surface area contributed by atoms with E-state index >= 15 is 0 Å². The molecule has 1 aromatic rings. The highest BCUT2D eigenvalue weighted by molar-refractivity contribution is 9.10. The number of hydrogen-bond acceptors (Lipinski definition) is 5. The second kappa shape index (κ2) is 6.64. The number of nitrogens with one attached hydrogen (secondary N) is 1. The number of aromatic nitrogens is 1. The number of nitrogen functional groups attached to an aromatic ring is 1. The molecule has 0 amide bonds. The predicted molar refractivity (Wildman–Crippen MR) is 86.2 cm³/mol. The van der Waals surface area contributed by atoms with Gasteiger partial charge in [0.25, 0.3) is 0 Å². The van der Waals surface area contributed by atoms with Crippen LogP contribution in [-0.2, 0) is 10.0 Å². The number of rotatable bonds is 4. The average molecular weight is 380 g/mol. The summed E-state index contributed by atoms with van der Waals surface area (Å²) in [6, 6.07) is 1.47. The van der Waals surface area contributed by atoms with E-state index in [2.05, 4.69) is 31.9 Å². The van der Waals surface area contributed by atoms with Crippen LogP contribution in [0.25, 0.3) is 0 Å². The molecule has 0 bridgehead atoms. The molecule has 20 heavy (non-hydrogen) atoms. The lowest BCUT2D eigenvalue weighted by atomic mass is 9.96. The fourth-order valence-corrected chi connectivity index (χ4v) is 4.98. The summed E-state index contributed by atoms with van der Waals surface area (Å²) in [6.45, 7) is 0. The first kappa shape index (κ1) is 16.1. The molecule has 1 aromatic heterocycles. The van der Waals surface area contributed by atoms with Crippen molar-refractivity contribution < 1.29 is 8.42 Å². The van der Waals surface area contributed by atoms with Crippen LogP contribution in [0.4, 0.5) is 5.82 Å². The van der Waals surface area contributed by atoms with Crippen LogP contribution in [0.5, 0.6) is 0 Å². The van der Waals surface area contributed by atoms with Crippen LogP contribution in [0.2, 0.25) is 0 Å². The zero-order chi connectivity index (χ0) is 14.8. The molecule has 1 fully saturated rings. The first-order valence-corrected chi connectivity index (χ1v) is 9.95. The van der Waals surface area contributed by atoms with Gasteiger partial charge in [-0.05, 0) is 53.9 Å². The molecule has 3 N–H and O–H groups in total. The molecule has 1 saturated carbocycles. The Morgan fingerprint density at radius 1 is 1.40 bits per heavy atom. The van der Waals surface area contributed by atoms with Crippen molar-refractivity contribution in [3.05, 3.63) is 16.7 Å². The van der Waals surface area contributed by atoms with Gasteiger partial charge in [-0.1, -0.05) is 0 Å². The summed E-state index contributed by atoms with van der Waals surface area (Å²) in [7, 11) is -3.61. The van der Waals surface area contributed by atoms with Crippen LogP contribution < -0.4 is 10.5 Å². The highest BCUT2D eigenvalue weighted by Crippen LogP contribution is 2.28. The largest absolute Gasteiger partial charge is 0.383 e. The number of anilines is 1. The molecule has 0 aliphatic heterocycles. The van der Waals surface area contributed by atoms with Crippen LogP contribution in [0.3, 0.4) is 0 Å². The Morgan fingerprint density at radius 2 is 2.05 bits per heavy atom. The van der Waals surface area contributed by atoms with E-state index in [1.807, 2.05) is 11.8 Å². The van der Waals surface area contributed by atoms with Crippen LogP contribution in [0.1, 0.15) is 25.7 Å². The van der Waals surface area contributed by atoms with Gasteiger partial charge in [0, 0.05) is 22.0 Å². The Labute approximate surface area is 132 Å². The summed E-state index contributed by atoms with van der Waals surface area (Å²) in [5.74, 6) is 0.0264. The summed E-state index contributed by atoms with van der Waals surface area (Å²) in [4.78, 5) is 3.91. The Balaban J connectivity index is 2.10. The second-order valence-corrected chi connectivity index (χ2v) is 8.60. The highest BCUT2D eigenvalue weighted by atomic mass is 79.9. The van der Waals surface area contributed by atoms with E-state index in [1.165, 1.54) is 12.3 Å². The number of hydrogen-bond donors (Lipinski definition) is 2. The van der Waals surface area contributed by atoms with Gasteiger partial charge in [-0.3, -0.25) is 0 Å². The molecule has 0 unspecified atom stereocenters. The third-order valence-electron chi connectivity index (χ3n) is 3.47. The standard InChI is InChI=1S/C12H18BrN3O2S2/c1-19-10-4-2-9(3-5-10)16-20(17,18)11-6-8(13)7-15-12(11)14/h6-7,9-10,16H,2-5H2,1H3,(H2,14,15). The van der Waals surface area contributed by atoms with Gasteiger partial charge < -0.3 is 5.73 Å². The molecular weight excluding hydrogens is 362 g/mol. The SMILES string of the molecule is CSC1CCC(NS(=O)(=O)c2cc(Br)cnc2N)CC1. The predicted octanol–water partition coefficient (Wildman–Crippen LogP) is 2.38. The molecule has 0 aromatic carbocycles. The van der Waals surface area contributed by atoms with Gasteiger partial charge in [-0.25, -0.2) is 18.1 Å². The quantitative estimate of drug-likeness (QED) is 0.838. The first-order valence-electron chi connectivity index (χ1n) is 6.38. The molecule has 0 atom stereocenters. The lowest BCUT2D eigenvalue weighted by Gasteiger charge is -2.27. The van der Waals surface area contributed by atoms with Gasteiger partial charge in [0.1, 0.15) is 10.7 Å². The Kier molecular flexibility index (Phi) is 5.33. The maximum absolute atomic E-state index is 12.4. The van der Waals surface area contributed by atoms with Crippen LogP contribution in [-0.4, -0.2) is 30.9 Å². The number of sulfonamides is 1. The summed E-state index contributed by atoms with van der Waals surface area (Å²) in [6.07, 6.45) is 7.40. The fourth-order valence-electron chi connectivity index (χ4n) is 2.35. The summed E-state index contributed by atoms with van der Waals surface area (Å²) >= 11 is 5.07. The minimum atomic E-state index is -3.61. The third-order valence-corrected chi connectivity index (χ3v) is 6.59. The van der Waals surface area contributed by atoms with Crippen molar-refractivity contribution in [1.82, 2.24) is 9.71 Å². The maximum Gasteiger partial charge on any atom is 0.244 e. The van der Waals surface area contributed by atoms with Crippen molar-refractivity contribution in [2.24, 2.45) is 0 Å². The molecular formula is C12H18BrN3O2S2. The third kappa shape index (κ3) is 3.87. The van der Waals surface area contributed by atoms with Gasteiger partial charge in [0.15, 0.2) is 0 Å². The van der Waals surface area contributed by atoms with E-state index in [0.717, 1.165) is 25.7 Å². The van der Waals surface area contributed by atoms with Gasteiger partial charge in [0.2, 0.25) is 10.0 Å². The monoisotopic (exact) mass is 379 g/mol. The number of pyridine rings is 1. The maximum atomic E-state index is 12.4. The van der Waals surface area contributed by atoms with E-state index < -0.39 is 10.0 Å². The van der Waals surface area contributed by atoms with Crippen molar-refractivity contribution in [2.45, 2.75) is 41.9 Å². The minimum Gasteiger partial charge on any atom is -0.383 e. The molecule has 1 aliphatic rings. The van der Waals surface area contributed by atoms with Crippen molar-refractivity contribution in [1.29, 1.82) is 0 Å². The average Bonchev–Trinajstić information content (AvgIpc) is 2.42. The van der Waals surface area contributed by atoms with Crippen molar-refractivity contribution >= 4 is 43.5 Å². The number of halogens is 1. The molecule has 0 saturated heterocycles. The highest BCUT2D eigenvalue weighted by Gasteiger charge is 2.27. The van der Waals surface area contributed by atoms with E-state index in [0.29, 0.717) is 9.72 Å². The smallest absolute Gasteiger partial charge is 0.244 e. The van der Waals surface area contributed by atoms with Crippen molar-refractivity contribution in [3.8, 4) is 0 Å². The van der Waals surface area contributed by atoms with Gasteiger partial charge in [-0.2, -0.15) is 11.8 Å². The van der Waals surface area contributed by atoms with Crippen LogP contribution in [0.15, 0.2) is 21.6 Å². The summed E-state index contributed by atoms with van der Waals surface area (Å²) in [5.41, 5.74) is 5.67. The van der Waals surface area contributed by atoms with Gasteiger partial charge in [0.05, 0.1) is 0 Å². The number of thioether (sulfide) groups is 1. The minimum absolute atomic E-state index is 0.0122. The van der Waals surface area contributed by atoms with E-state index in [4.69, 9.17) is 5.73 Å². The topological polar surface area (TPSA) is 85.1 Å². The molecule has 1 heterocycles. The molecule has 2 rings (SSSR count). The lowest BCUT2D eigenvalue weighted by molar-refractivity contribution is 0.420. The summed E-state index contributed by atoms with van der Waals surface area (Å²) in [5, 5.41) is 0.647. The van der Waals surface area contributed by atoms with Gasteiger partial charge >= 0.3 is 0 Å². The van der Waals surface area contributed by atoms with E-state index in [-0.39, 0.29) is 16.8 Å². The molecule has 8 heteroatoms. The molecule has 5 nitrogen and oxygen atoms in total. The molecule has 1 aliphatic carbocycles.